The van der Waals surface area contributed by atoms with Crippen LogP contribution in [0.1, 0.15) is 53.4 Å². The van der Waals surface area contributed by atoms with Crippen molar-refractivity contribution in [2.75, 3.05) is 6.54 Å². The monoisotopic (exact) mass is 215 g/mol. The van der Waals surface area contributed by atoms with Crippen molar-refractivity contribution in [1.29, 1.82) is 0 Å². The Balaban J connectivity index is 4.21. The van der Waals surface area contributed by atoms with Gasteiger partial charge in [0.05, 0.1) is 0 Å². The fraction of sp³-hybridized carbons (Fsp3) is 1.00. The summed E-state index contributed by atoms with van der Waals surface area (Å²) < 4.78 is 0. The molecular formula is C12H29NSi. The van der Waals surface area contributed by atoms with E-state index in [0.717, 1.165) is 0 Å². The summed E-state index contributed by atoms with van der Waals surface area (Å²) in [7, 11) is -1.07. The van der Waals surface area contributed by atoms with E-state index < -0.39 is 8.24 Å². The van der Waals surface area contributed by atoms with Crippen LogP contribution in [-0.4, -0.2) is 14.8 Å². The van der Waals surface area contributed by atoms with E-state index in [2.05, 4.69) is 32.7 Å². The lowest BCUT2D eigenvalue weighted by Gasteiger charge is -2.32. The molecule has 0 fully saturated rings. The van der Waals surface area contributed by atoms with E-state index in [0.29, 0.717) is 0 Å². The summed E-state index contributed by atoms with van der Waals surface area (Å²) in [5, 5.41) is 0. The first-order valence-electron chi connectivity index (χ1n) is 6.49. The third kappa shape index (κ3) is 5.16. The Hall–Kier alpha value is 0.177. The average Bonchev–Trinajstić information content (AvgIpc) is 2.16. The van der Waals surface area contributed by atoms with Crippen LogP contribution in [0.5, 0.6) is 0 Å². The van der Waals surface area contributed by atoms with E-state index in [4.69, 9.17) is 0 Å². The molecule has 0 spiro atoms. The van der Waals surface area contributed by atoms with Crippen LogP contribution in [-0.2, 0) is 0 Å². The molecule has 0 amide bonds. The van der Waals surface area contributed by atoms with Gasteiger partial charge in [-0.15, -0.1) is 0 Å². The third-order valence-electron chi connectivity index (χ3n) is 2.94. The molecule has 0 aliphatic carbocycles. The fourth-order valence-corrected chi connectivity index (χ4v) is 7.40. The molecule has 1 nitrogen and oxygen atoms in total. The molecule has 14 heavy (non-hydrogen) atoms. The van der Waals surface area contributed by atoms with Gasteiger partial charge in [-0.1, -0.05) is 47.0 Å². The third-order valence-corrected chi connectivity index (χ3v) is 8.31. The lowest BCUT2D eigenvalue weighted by molar-refractivity contribution is 0.782. The number of nitrogens with one attached hydrogen (secondary N) is 1. The van der Waals surface area contributed by atoms with Crippen molar-refractivity contribution in [3.05, 3.63) is 0 Å². The zero-order valence-corrected chi connectivity index (χ0v) is 11.7. The molecule has 1 N–H and O–H groups in total. The summed E-state index contributed by atoms with van der Waals surface area (Å²) in [6.07, 6.45) is 5.38. The first-order chi connectivity index (χ1) is 6.74. The van der Waals surface area contributed by atoms with Crippen LogP contribution in [0.15, 0.2) is 0 Å². The predicted octanol–water partition coefficient (Wildman–Crippen LogP) is 4.16. The minimum atomic E-state index is -1.07. The van der Waals surface area contributed by atoms with Crippen LogP contribution < -0.4 is 4.98 Å². The topological polar surface area (TPSA) is 12.0 Å². The van der Waals surface area contributed by atoms with Crippen molar-refractivity contribution in [2.45, 2.75) is 71.5 Å². The summed E-state index contributed by atoms with van der Waals surface area (Å²) in [5.41, 5.74) is 0. The van der Waals surface area contributed by atoms with Crippen molar-refractivity contribution in [2.24, 2.45) is 0 Å². The van der Waals surface area contributed by atoms with Gasteiger partial charge >= 0.3 is 0 Å². The van der Waals surface area contributed by atoms with E-state index in [1.807, 2.05) is 0 Å². The van der Waals surface area contributed by atoms with E-state index in [-0.39, 0.29) is 0 Å². The van der Waals surface area contributed by atoms with Crippen LogP contribution in [0.4, 0.5) is 0 Å². The second-order valence-corrected chi connectivity index (χ2v) is 8.87. The van der Waals surface area contributed by atoms with Gasteiger partial charge in [0.15, 0.2) is 0 Å². The highest BCUT2D eigenvalue weighted by Gasteiger charge is 2.29. The molecule has 0 aromatic heterocycles. The first kappa shape index (κ1) is 14.2. The quantitative estimate of drug-likeness (QED) is 0.570. The van der Waals surface area contributed by atoms with Crippen LogP contribution in [0.25, 0.3) is 0 Å². The molecule has 0 unspecified atom stereocenters. The lowest BCUT2D eigenvalue weighted by Crippen LogP contribution is -2.50. The Bertz CT molecular complexity index is 108. The van der Waals surface area contributed by atoms with Crippen LogP contribution >= 0.6 is 0 Å². The highest BCUT2D eigenvalue weighted by atomic mass is 28.3. The zero-order valence-electron chi connectivity index (χ0n) is 10.7. The zero-order chi connectivity index (χ0) is 10.9. The van der Waals surface area contributed by atoms with Crippen LogP contribution in [0, 0.1) is 0 Å². The lowest BCUT2D eigenvalue weighted by atomic mass is 10.5. The van der Waals surface area contributed by atoms with E-state index >= 15 is 0 Å². The Morgan fingerprint density at radius 1 is 0.714 bits per heavy atom. The fourth-order valence-electron chi connectivity index (χ4n) is 2.47. The molecular weight excluding hydrogens is 186 g/mol. The second-order valence-electron chi connectivity index (χ2n) is 4.46. The van der Waals surface area contributed by atoms with Gasteiger partial charge in [0.1, 0.15) is 8.24 Å². The highest BCUT2D eigenvalue weighted by Crippen LogP contribution is 2.23. The normalized spacial score (nSPS) is 12.0. The van der Waals surface area contributed by atoms with E-state index in [1.54, 1.807) is 0 Å². The standard InChI is InChI=1S/C12H29NSi/c1-5-9-13-14(10-6-2,11-7-3)12-8-4/h13H,5-12H2,1-4H3. The molecule has 0 saturated carbocycles. The molecule has 0 rings (SSSR count). The summed E-state index contributed by atoms with van der Waals surface area (Å²) in [4.78, 5) is 3.92. The van der Waals surface area contributed by atoms with Crippen molar-refractivity contribution < 1.29 is 0 Å². The molecule has 0 heterocycles. The molecule has 2 heteroatoms. The Morgan fingerprint density at radius 3 is 1.43 bits per heavy atom. The van der Waals surface area contributed by atoms with Gasteiger partial charge in [-0.25, -0.2) is 0 Å². The summed E-state index contributed by atoms with van der Waals surface area (Å²) >= 11 is 0. The number of hydrogen-bond acceptors (Lipinski definition) is 1. The van der Waals surface area contributed by atoms with Gasteiger partial charge in [0.2, 0.25) is 0 Å². The highest BCUT2D eigenvalue weighted by molar-refractivity contribution is 6.77. The van der Waals surface area contributed by atoms with Gasteiger partial charge < -0.3 is 4.98 Å². The molecule has 0 aliphatic heterocycles. The smallest absolute Gasteiger partial charge is 0.125 e. The molecule has 0 aromatic rings. The van der Waals surface area contributed by atoms with Crippen molar-refractivity contribution in [3.63, 3.8) is 0 Å². The number of rotatable bonds is 9. The number of hydrogen-bond donors (Lipinski definition) is 1. The summed E-state index contributed by atoms with van der Waals surface area (Å²) in [6, 6.07) is 4.44. The Kier molecular flexibility index (Phi) is 8.59. The molecule has 0 radical (unpaired) electrons. The van der Waals surface area contributed by atoms with Gasteiger partial charge in [0.25, 0.3) is 0 Å². The molecule has 0 aliphatic rings. The largest absolute Gasteiger partial charge is 0.337 e. The molecule has 0 aromatic carbocycles. The van der Waals surface area contributed by atoms with E-state index in [1.165, 1.54) is 50.4 Å². The summed E-state index contributed by atoms with van der Waals surface area (Å²) in [6.45, 7) is 10.5. The van der Waals surface area contributed by atoms with Crippen molar-refractivity contribution in [3.8, 4) is 0 Å². The molecule has 86 valence electrons. The van der Waals surface area contributed by atoms with Crippen molar-refractivity contribution in [1.82, 2.24) is 4.98 Å². The summed E-state index contributed by atoms with van der Waals surface area (Å²) in [5.74, 6) is 0. The molecule has 0 atom stereocenters. The van der Waals surface area contributed by atoms with Gasteiger partial charge in [-0.3, -0.25) is 0 Å². The molecule has 0 bridgehead atoms. The van der Waals surface area contributed by atoms with Crippen LogP contribution in [0.2, 0.25) is 18.1 Å². The maximum atomic E-state index is 3.92. The van der Waals surface area contributed by atoms with E-state index in [9.17, 15) is 0 Å². The average molecular weight is 215 g/mol. The minimum absolute atomic E-state index is 1.07. The van der Waals surface area contributed by atoms with Gasteiger partial charge in [0, 0.05) is 0 Å². The maximum absolute atomic E-state index is 3.92. The minimum Gasteiger partial charge on any atom is -0.337 e. The Morgan fingerprint density at radius 2 is 1.14 bits per heavy atom. The van der Waals surface area contributed by atoms with Crippen molar-refractivity contribution >= 4 is 8.24 Å². The van der Waals surface area contributed by atoms with Crippen LogP contribution in [0.3, 0.4) is 0 Å². The first-order valence-corrected chi connectivity index (χ1v) is 9.11. The Labute approximate surface area is 91.8 Å². The van der Waals surface area contributed by atoms with Gasteiger partial charge in [-0.2, -0.15) is 0 Å². The predicted molar refractivity (Wildman–Crippen MR) is 69.3 cm³/mol. The second kappa shape index (κ2) is 8.48. The molecule has 0 saturated heterocycles. The SMILES string of the molecule is CCCN[Si](CCC)(CCC)CCC. The van der Waals surface area contributed by atoms with Gasteiger partial charge in [-0.05, 0) is 31.1 Å². The maximum Gasteiger partial charge on any atom is 0.125 e.